The zero-order valence-electron chi connectivity index (χ0n) is 22.2. The van der Waals surface area contributed by atoms with E-state index in [0.717, 1.165) is 6.26 Å². The van der Waals surface area contributed by atoms with Crippen LogP contribution in [-0.4, -0.2) is 65.6 Å². The van der Waals surface area contributed by atoms with Crippen LogP contribution in [0.5, 0.6) is 0 Å². The summed E-state index contributed by atoms with van der Waals surface area (Å²) >= 11 is 2.02. The number of hydrogen-bond donors (Lipinski definition) is 2. The fraction of sp³-hybridized carbons (Fsp3) is 0.333. The second-order valence-electron chi connectivity index (χ2n) is 9.59. The molecule has 0 aliphatic heterocycles. The summed E-state index contributed by atoms with van der Waals surface area (Å²) in [6.45, 7) is 9.41. The van der Waals surface area contributed by atoms with Crippen LogP contribution in [0.25, 0.3) is 11.4 Å². The first-order valence-electron chi connectivity index (χ1n) is 11.7. The molecule has 0 spiro atoms. The van der Waals surface area contributed by atoms with Crippen LogP contribution >= 0.6 is 22.6 Å². The number of nitrogens with one attached hydrogen (secondary N) is 2. The monoisotopic (exact) mass is 681 g/mol. The fourth-order valence-corrected chi connectivity index (χ4v) is 5.04. The first-order chi connectivity index (χ1) is 18.1. The average Bonchev–Trinajstić information content (AvgIpc) is 3.22. The molecule has 3 rings (SSSR count). The van der Waals surface area contributed by atoms with Crippen LogP contribution in [0.4, 0.5) is 11.6 Å². The van der Waals surface area contributed by atoms with Gasteiger partial charge in [-0.15, -0.1) is 10.6 Å². The maximum Gasteiger partial charge on any atom is 0.265 e. The summed E-state index contributed by atoms with van der Waals surface area (Å²) < 4.78 is 29.3. The highest BCUT2D eigenvalue weighted by Crippen LogP contribution is 2.25. The first-order valence-corrected chi connectivity index (χ1v) is 18.1. The highest BCUT2D eigenvalue weighted by Gasteiger charge is 2.24. The van der Waals surface area contributed by atoms with Gasteiger partial charge in [-0.05, 0) is 60.7 Å². The second kappa shape index (κ2) is 12.3. The summed E-state index contributed by atoms with van der Waals surface area (Å²) in [5, 5.41) is 13.6. The number of halogens is 1. The molecule has 206 valence electrons. The zero-order valence-corrected chi connectivity index (χ0v) is 26.2. The number of aromatic nitrogens is 5. The van der Waals surface area contributed by atoms with Gasteiger partial charge in [0.2, 0.25) is 5.91 Å². The Labute approximate surface area is 241 Å². The molecule has 0 saturated carbocycles. The molecule has 12 nitrogen and oxygen atoms in total. The number of amides is 2. The van der Waals surface area contributed by atoms with Gasteiger partial charge in [-0.25, -0.2) is 14.6 Å². The molecule has 3 aromatic rings. The van der Waals surface area contributed by atoms with Crippen LogP contribution in [0, 0.1) is 15.2 Å². The second-order valence-corrected chi connectivity index (χ2v) is 17.0. The number of anilines is 2. The molecule has 15 heteroatoms. The lowest BCUT2D eigenvalue weighted by Crippen LogP contribution is -2.30. The van der Waals surface area contributed by atoms with Crippen molar-refractivity contribution >= 4 is 64.2 Å². The lowest BCUT2D eigenvalue weighted by molar-refractivity contribution is -0.122. The van der Waals surface area contributed by atoms with Crippen molar-refractivity contribution in [2.24, 2.45) is 0 Å². The Morgan fingerprint density at radius 2 is 1.64 bits per heavy atom. The van der Waals surface area contributed by atoms with Gasteiger partial charge in [-0.1, -0.05) is 42.9 Å². The lowest BCUT2D eigenvalue weighted by atomic mass is 10.2. The van der Waals surface area contributed by atoms with Crippen molar-refractivity contribution in [1.29, 1.82) is 0 Å². The molecule has 2 amide bonds. The molecule has 39 heavy (non-hydrogen) atoms. The summed E-state index contributed by atoms with van der Waals surface area (Å²) in [5.74, 6) is 2.59. The summed E-state index contributed by atoms with van der Waals surface area (Å²) in [6, 6.07) is 9.39. The number of pyridine rings is 2. The van der Waals surface area contributed by atoms with Gasteiger partial charge >= 0.3 is 0 Å². The van der Waals surface area contributed by atoms with E-state index in [4.69, 9.17) is 4.18 Å². The predicted octanol–water partition coefficient (Wildman–Crippen LogP) is 3.07. The van der Waals surface area contributed by atoms with E-state index < -0.39 is 36.2 Å². The van der Waals surface area contributed by atoms with Gasteiger partial charge in [0.25, 0.3) is 16.0 Å². The lowest BCUT2D eigenvalue weighted by Gasteiger charge is -2.13. The fourth-order valence-electron chi connectivity index (χ4n) is 3.02. The van der Waals surface area contributed by atoms with Crippen LogP contribution in [0.3, 0.4) is 0 Å². The minimum atomic E-state index is -3.80. The van der Waals surface area contributed by atoms with E-state index in [1.54, 1.807) is 37.3 Å². The van der Waals surface area contributed by atoms with Crippen LogP contribution in [0.15, 0.2) is 36.4 Å². The van der Waals surface area contributed by atoms with Gasteiger partial charge in [0.05, 0.1) is 11.9 Å². The Balaban J connectivity index is 1.74. The third-order valence-electron chi connectivity index (χ3n) is 4.88. The predicted molar refractivity (Wildman–Crippen MR) is 158 cm³/mol. The Bertz CT molecular complexity index is 1560. The minimum Gasteiger partial charge on any atom is -0.309 e. The summed E-state index contributed by atoms with van der Waals surface area (Å²) in [5.41, 5.74) is 4.62. The third kappa shape index (κ3) is 8.91. The van der Waals surface area contributed by atoms with Crippen molar-refractivity contribution in [3.05, 3.63) is 45.8 Å². The first kappa shape index (κ1) is 30.3. The topological polar surface area (TPSA) is 158 Å². The molecule has 2 atom stereocenters. The van der Waals surface area contributed by atoms with Crippen LogP contribution in [0.1, 0.15) is 25.6 Å². The average molecular weight is 682 g/mol. The molecule has 2 N–H and O–H groups in total. The van der Waals surface area contributed by atoms with E-state index in [2.05, 4.69) is 62.0 Å². The van der Waals surface area contributed by atoms with Crippen LogP contribution < -0.4 is 10.6 Å². The van der Waals surface area contributed by atoms with Gasteiger partial charge in [0, 0.05) is 0 Å². The van der Waals surface area contributed by atoms with Gasteiger partial charge in [-0.3, -0.25) is 13.8 Å². The maximum atomic E-state index is 13.0. The zero-order chi connectivity index (χ0) is 29.0. The van der Waals surface area contributed by atoms with Crippen molar-refractivity contribution in [2.75, 3.05) is 16.9 Å². The quantitative estimate of drug-likeness (QED) is 0.158. The van der Waals surface area contributed by atoms with E-state index in [-0.39, 0.29) is 11.7 Å². The van der Waals surface area contributed by atoms with Gasteiger partial charge in [0.15, 0.2) is 6.10 Å². The molecule has 0 bridgehead atoms. The summed E-state index contributed by atoms with van der Waals surface area (Å²) in [4.78, 5) is 34.1. The van der Waals surface area contributed by atoms with Crippen molar-refractivity contribution in [1.82, 2.24) is 25.0 Å². The summed E-state index contributed by atoms with van der Waals surface area (Å²) in [7, 11) is -5.37. The van der Waals surface area contributed by atoms with E-state index in [1.165, 1.54) is 17.7 Å². The van der Waals surface area contributed by atoms with E-state index in [1.807, 2.05) is 22.6 Å². The maximum absolute atomic E-state index is 13.0. The Hall–Kier alpha value is -3.20. The highest BCUT2D eigenvalue weighted by atomic mass is 127. The SMILES string of the molecule is C[C@H](OS(C)(=O)=O)C(=O)Nc1cccc(-c2nnn([C@H](C)C(=O)Nc3cccc(C#C[Si](C)(C)C)n3)c2I)n1. The number of hydrogen-bond acceptors (Lipinski definition) is 9. The van der Waals surface area contributed by atoms with Crippen LogP contribution in [0.2, 0.25) is 19.6 Å². The van der Waals surface area contributed by atoms with Gasteiger partial charge in [0.1, 0.15) is 40.8 Å². The van der Waals surface area contributed by atoms with E-state index in [0.29, 0.717) is 26.6 Å². The molecular weight excluding hydrogens is 653 g/mol. The smallest absolute Gasteiger partial charge is 0.265 e. The van der Waals surface area contributed by atoms with Crippen molar-refractivity contribution < 1.29 is 22.2 Å². The van der Waals surface area contributed by atoms with Crippen molar-refractivity contribution in [3.8, 4) is 22.9 Å². The van der Waals surface area contributed by atoms with Crippen molar-refractivity contribution in [3.63, 3.8) is 0 Å². The number of carbonyl (C=O) groups excluding carboxylic acids is 2. The van der Waals surface area contributed by atoms with E-state index in [9.17, 15) is 18.0 Å². The molecule has 0 aliphatic rings. The number of rotatable bonds is 8. The highest BCUT2D eigenvalue weighted by molar-refractivity contribution is 14.1. The molecule has 0 aromatic carbocycles. The number of nitrogens with zero attached hydrogens (tertiary/aromatic N) is 5. The molecular formula is C24H28IN7O5SSi. The standard InChI is InChI=1S/C24H28IN7O5SSi/c1-15(23(33)28-19-11-7-9-17(26-19)13-14-39(4,5)6)32-22(25)21(30-31-32)18-10-8-12-20(27-18)29-24(34)16(2)37-38(3,35)36/h7-12,15-16H,1-6H3,(H,26,28,33)(H,27,29,34)/t15-,16+/m1/s1. The molecule has 0 saturated heterocycles. The van der Waals surface area contributed by atoms with E-state index >= 15 is 0 Å². The third-order valence-corrected chi connectivity index (χ3v) is 7.40. The molecule has 0 aliphatic carbocycles. The summed E-state index contributed by atoms with van der Waals surface area (Å²) in [6.07, 6.45) is -0.381. The molecule has 3 heterocycles. The number of carbonyl (C=O) groups is 2. The van der Waals surface area contributed by atoms with Gasteiger partial charge in [-0.2, -0.15) is 8.42 Å². The minimum absolute atomic E-state index is 0.167. The molecule has 3 aromatic heterocycles. The Morgan fingerprint density at radius 3 is 2.28 bits per heavy atom. The normalized spacial score (nSPS) is 13.1. The van der Waals surface area contributed by atoms with Gasteiger partial charge < -0.3 is 10.6 Å². The largest absolute Gasteiger partial charge is 0.309 e. The molecule has 0 radical (unpaired) electrons. The van der Waals surface area contributed by atoms with Crippen LogP contribution in [-0.2, 0) is 23.9 Å². The Morgan fingerprint density at radius 1 is 1.03 bits per heavy atom. The molecule has 0 unspecified atom stereocenters. The Kier molecular flexibility index (Phi) is 9.59. The van der Waals surface area contributed by atoms with Crippen molar-refractivity contribution in [2.45, 2.75) is 45.6 Å². The molecule has 0 fully saturated rings.